The molecule has 0 saturated carbocycles. The Hall–Kier alpha value is -6.94. The number of hydrogen-bond donors (Lipinski definition) is 0. The fourth-order valence-electron chi connectivity index (χ4n) is 7.63. The van der Waals surface area contributed by atoms with Gasteiger partial charge in [-0.15, -0.1) is 0 Å². The minimum atomic E-state index is -1.37. The molecule has 2 nitrogen and oxygen atoms in total. The quantitative estimate of drug-likeness (QED) is 0.137. The molecule has 0 unspecified atom stereocenters. The summed E-state index contributed by atoms with van der Waals surface area (Å²) in [4.78, 5) is 10.6. The van der Waals surface area contributed by atoms with Crippen LogP contribution in [0, 0.1) is 0 Å². The van der Waals surface area contributed by atoms with Gasteiger partial charge in [-0.3, -0.25) is 0 Å². The van der Waals surface area contributed by atoms with E-state index in [2.05, 4.69) is 232 Å². The lowest BCUT2D eigenvalue weighted by Crippen LogP contribution is -2.37. The normalized spacial score (nSPS) is 11.4. The predicted molar refractivity (Wildman–Crippen MR) is 248 cm³/mol. The third-order valence-electron chi connectivity index (χ3n) is 10.9. The Morgan fingerprint density at radius 1 is 0.276 bits per heavy atom. The van der Waals surface area contributed by atoms with E-state index in [1.807, 2.05) is 0 Å². The minimum Gasteiger partial charge on any atom is -0.228 e. The van der Waals surface area contributed by atoms with E-state index in [-0.39, 0.29) is 0 Å². The first-order chi connectivity index (χ1) is 28.4. The van der Waals surface area contributed by atoms with Gasteiger partial charge in [0.1, 0.15) is 0 Å². The molecule has 9 rings (SSSR count). The van der Waals surface area contributed by atoms with E-state index in [1.54, 1.807) is 0 Å². The minimum absolute atomic E-state index is 0.691. The van der Waals surface area contributed by atoms with Crippen LogP contribution < -0.4 is 5.19 Å². The molecule has 3 heteroatoms. The monoisotopic (exact) mass is 760 g/mol. The van der Waals surface area contributed by atoms with Crippen LogP contribution in [-0.2, 0) is 0 Å². The molecule has 1 aromatic heterocycles. The molecule has 8 aromatic carbocycles. The summed E-state index contributed by atoms with van der Waals surface area (Å²) in [6.45, 7) is 7.18. The summed E-state index contributed by atoms with van der Waals surface area (Å²) in [5.41, 5.74) is 16.5. The first-order valence-corrected chi connectivity index (χ1v) is 23.5. The summed E-state index contributed by atoms with van der Waals surface area (Å²) in [5, 5.41) is 1.47. The van der Waals surface area contributed by atoms with Gasteiger partial charge >= 0.3 is 0 Å². The van der Waals surface area contributed by atoms with Gasteiger partial charge in [0, 0.05) is 16.7 Å². The molecular weight excluding hydrogens is 717 g/mol. The van der Waals surface area contributed by atoms with Gasteiger partial charge in [0.2, 0.25) is 0 Å². The molecule has 0 spiro atoms. The topological polar surface area (TPSA) is 25.8 Å². The molecule has 0 radical (unpaired) electrons. The Labute approximate surface area is 343 Å². The van der Waals surface area contributed by atoms with Gasteiger partial charge in [0.25, 0.3) is 0 Å². The Morgan fingerprint density at radius 2 is 0.638 bits per heavy atom. The largest absolute Gasteiger partial charge is 0.228 e. The highest BCUT2D eigenvalue weighted by Crippen LogP contribution is 2.36. The highest BCUT2D eigenvalue weighted by Gasteiger charge is 2.17. The molecule has 9 aromatic rings. The average Bonchev–Trinajstić information content (AvgIpc) is 3.29. The average molecular weight is 761 g/mol. The zero-order chi connectivity index (χ0) is 39.5. The van der Waals surface area contributed by atoms with Crippen molar-refractivity contribution in [3.63, 3.8) is 0 Å². The third kappa shape index (κ3) is 7.86. The molecule has 0 bridgehead atoms. The van der Waals surface area contributed by atoms with Crippen LogP contribution in [0.2, 0.25) is 19.6 Å². The maximum Gasteiger partial charge on any atom is 0.161 e. The third-order valence-corrected chi connectivity index (χ3v) is 13.0. The highest BCUT2D eigenvalue weighted by molar-refractivity contribution is 6.88. The molecule has 0 aliphatic heterocycles. The maximum absolute atomic E-state index is 5.34. The van der Waals surface area contributed by atoms with E-state index in [4.69, 9.17) is 9.97 Å². The standard InChI is InChI=1S/C55H44N2Si/c1-58(2,3)50-34-32-43(33-35-50)46-18-12-19-47(36-46)48-20-13-21-49(37-48)54-38-53(45-30-26-42(27-31-45)40-16-8-5-9-17-40)56-55(57-54)52-23-11-10-22-51(52)44-28-24-41(25-29-44)39-14-6-4-7-15-39/h4-38H,1-3H3. The van der Waals surface area contributed by atoms with Crippen LogP contribution in [-0.4, -0.2) is 18.0 Å². The molecule has 1 heterocycles. The summed E-state index contributed by atoms with van der Waals surface area (Å²) in [6.07, 6.45) is 0. The van der Waals surface area contributed by atoms with Crippen molar-refractivity contribution in [3.8, 4) is 89.5 Å². The zero-order valence-corrected chi connectivity index (χ0v) is 34.1. The zero-order valence-electron chi connectivity index (χ0n) is 33.1. The van der Waals surface area contributed by atoms with Gasteiger partial charge in [-0.25, -0.2) is 9.97 Å². The first kappa shape index (κ1) is 36.7. The van der Waals surface area contributed by atoms with Crippen molar-refractivity contribution < 1.29 is 0 Å². The molecule has 0 N–H and O–H groups in total. The Bertz CT molecular complexity index is 2820. The molecular formula is C55H44N2Si. The van der Waals surface area contributed by atoms with E-state index in [0.717, 1.165) is 44.8 Å². The van der Waals surface area contributed by atoms with Gasteiger partial charge in [-0.2, -0.15) is 0 Å². The van der Waals surface area contributed by atoms with Crippen LogP contribution >= 0.6 is 0 Å². The van der Waals surface area contributed by atoms with Gasteiger partial charge in [0.05, 0.1) is 19.5 Å². The molecule has 0 fully saturated rings. The van der Waals surface area contributed by atoms with E-state index >= 15 is 0 Å². The summed E-state index contributed by atoms with van der Waals surface area (Å²) in [6, 6.07) is 75.9. The van der Waals surface area contributed by atoms with Crippen LogP contribution in [0.3, 0.4) is 0 Å². The maximum atomic E-state index is 5.34. The first-order valence-electron chi connectivity index (χ1n) is 20.0. The fraction of sp³-hybridized carbons (Fsp3) is 0.0545. The Morgan fingerprint density at radius 3 is 1.19 bits per heavy atom. The van der Waals surface area contributed by atoms with Crippen molar-refractivity contribution >= 4 is 13.3 Å². The highest BCUT2D eigenvalue weighted by atomic mass is 28.3. The van der Waals surface area contributed by atoms with E-state index in [0.29, 0.717) is 5.82 Å². The van der Waals surface area contributed by atoms with E-state index in [9.17, 15) is 0 Å². The van der Waals surface area contributed by atoms with Crippen molar-refractivity contribution in [2.75, 3.05) is 0 Å². The molecule has 0 aliphatic rings. The fourth-order valence-corrected chi connectivity index (χ4v) is 8.80. The van der Waals surface area contributed by atoms with Crippen LogP contribution in [0.5, 0.6) is 0 Å². The molecule has 0 aliphatic carbocycles. The Balaban J connectivity index is 1.12. The van der Waals surface area contributed by atoms with Crippen molar-refractivity contribution in [3.05, 3.63) is 212 Å². The number of rotatable bonds is 9. The lowest BCUT2D eigenvalue weighted by molar-refractivity contribution is 1.18. The van der Waals surface area contributed by atoms with Crippen molar-refractivity contribution in [2.45, 2.75) is 19.6 Å². The molecule has 0 amide bonds. The number of nitrogens with zero attached hydrogens (tertiary/aromatic N) is 2. The van der Waals surface area contributed by atoms with Crippen molar-refractivity contribution in [1.82, 2.24) is 9.97 Å². The van der Waals surface area contributed by atoms with Crippen LogP contribution in [0.25, 0.3) is 89.5 Å². The second kappa shape index (κ2) is 15.9. The molecule has 278 valence electrons. The summed E-state index contributed by atoms with van der Waals surface area (Å²) in [7, 11) is -1.37. The van der Waals surface area contributed by atoms with Crippen molar-refractivity contribution in [2.24, 2.45) is 0 Å². The smallest absolute Gasteiger partial charge is 0.161 e. The molecule has 58 heavy (non-hydrogen) atoms. The van der Waals surface area contributed by atoms with Crippen LogP contribution in [0.15, 0.2) is 212 Å². The molecule has 0 atom stereocenters. The van der Waals surface area contributed by atoms with Gasteiger partial charge in [-0.05, 0) is 73.8 Å². The van der Waals surface area contributed by atoms with Crippen molar-refractivity contribution in [1.29, 1.82) is 0 Å². The number of aromatic nitrogens is 2. The van der Waals surface area contributed by atoms with Gasteiger partial charge in [-0.1, -0.05) is 219 Å². The lowest BCUT2D eigenvalue weighted by atomic mass is 9.95. The number of benzene rings is 8. The summed E-state index contributed by atoms with van der Waals surface area (Å²) >= 11 is 0. The molecule has 0 saturated heterocycles. The second-order valence-corrected chi connectivity index (χ2v) is 21.0. The predicted octanol–water partition coefficient (Wildman–Crippen LogP) is 14.4. The summed E-state index contributed by atoms with van der Waals surface area (Å²) in [5.74, 6) is 0.691. The van der Waals surface area contributed by atoms with E-state index < -0.39 is 8.07 Å². The number of hydrogen-bond acceptors (Lipinski definition) is 2. The van der Waals surface area contributed by atoms with Gasteiger partial charge < -0.3 is 0 Å². The van der Waals surface area contributed by atoms with Crippen LogP contribution in [0.1, 0.15) is 0 Å². The second-order valence-electron chi connectivity index (χ2n) is 15.9. The van der Waals surface area contributed by atoms with Crippen LogP contribution in [0.4, 0.5) is 0 Å². The SMILES string of the molecule is C[Si](C)(C)c1ccc(-c2cccc(-c3cccc(-c4cc(-c5ccc(-c6ccccc6)cc5)nc(-c5ccccc5-c5ccc(-c6ccccc6)cc5)n4)c3)c2)cc1. The summed E-state index contributed by atoms with van der Waals surface area (Å²) < 4.78 is 0. The van der Waals surface area contributed by atoms with Gasteiger partial charge in [0.15, 0.2) is 5.82 Å². The van der Waals surface area contributed by atoms with E-state index in [1.165, 1.54) is 44.1 Å². The lowest BCUT2D eigenvalue weighted by Gasteiger charge is -2.17. The Kier molecular flexibility index (Phi) is 10.1.